The highest BCUT2D eigenvalue weighted by molar-refractivity contribution is 7.89. The van der Waals surface area contributed by atoms with Gasteiger partial charge in [-0.3, -0.25) is 9.78 Å². The zero-order valence-corrected chi connectivity index (χ0v) is 16.6. The van der Waals surface area contributed by atoms with E-state index < -0.39 is 10.0 Å². The number of nitrogens with one attached hydrogen (secondary N) is 2. The summed E-state index contributed by atoms with van der Waals surface area (Å²) in [6.45, 7) is 6.22. The van der Waals surface area contributed by atoms with Crippen LogP contribution >= 0.6 is 0 Å². The molecule has 0 aliphatic heterocycles. The molecule has 0 fully saturated rings. The summed E-state index contributed by atoms with van der Waals surface area (Å²) in [5, 5.41) is 3.02. The third-order valence-corrected chi connectivity index (χ3v) is 6.11. The van der Waals surface area contributed by atoms with Crippen LogP contribution in [-0.4, -0.2) is 25.9 Å². The minimum absolute atomic E-state index is 0.0243. The number of amides is 1. The molecule has 0 saturated heterocycles. The summed E-state index contributed by atoms with van der Waals surface area (Å²) in [6.07, 6.45) is 4.49. The van der Waals surface area contributed by atoms with Gasteiger partial charge in [-0.25, -0.2) is 13.1 Å². The van der Waals surface area contributed by atoms with E-state index in [9.17, 15) is 13.2 Å². The monoisotopic (exact) mass is 391 g/mol. The molecule has 2 aromatic rings. The van der Waals surface area contributed by atoms with Gasteiger partial charge in [0.1, 0.15) is 16.4 Å². The maximum absolute atomic E-state index is 12.4. The fourth-order valence-corrected chi connectivity index (χ4v) is 4.46. The second-order valence-electron chi connectivity index (χ2n) is 7.74. The van der Waals surface area contributed by atoms with Crippen molar-refractivity contribution in [2.24, 2.45) is 5.41 Å². The van der Waals surface area contributed by atoms with Crippen LogP contribution < -0.4 is 10.0 Å². The average Bonchev–Trinajstić information content (AvgIpc) is 2.94. The lowest BCUT2D eigenvalue weighted by atomic mass is 9.74. The van der Waals surface area contributed by atoms with Gasteiger partial charge in [-0.2, -0.15) is 0 Å². The van der Waals surface area contributed by atoms with Crippen LogP contribution in [0.3, 0.4) is 0 Å². The fraction of sp³-hybridized carbons (Fsp3) is 0.474. The van der Waals surface area contributed by atoms with Crippen molar-refractivity contribution in [1.29, 1.82) is 0 Å². The van der Waals surface area contributed by atoms with Crippen LogP contribution in [-0.2, 0) is 21.2 Å². The molecule has 7 nitrogen and oxygen atoms in total. The number of furan rings is 1. The van der Waals surface area contributed by atoms with E-state index in [-0.39, 0.29) is 35.2 Å². The van der Waals surface area contributed by atoms with Crippen LogP contribution in [0.4, 0.5) is 0 Å². The van der Waals surface area contributed by atoms with E-state index in [1.165, 1.54) is 18.5 Å². The van der Waals surface area contributed by atoms with Crippen LogP contribution in [0.25, 0.3) is 0 Å². The van der Waals surface area contributed by atoms with E-state index in [0.717, 1.165) is 29.9 Å². The molecular weight excluding hydrogens is 366 g/mol. The van der Waals surface area contributed by atoms with Crippen molar-refractivity contribution in [3.63, 3.8) is 0 Å². The molecule has 1 aliphatic carbocycles. The molecule has 0 saturated carbocycles. The molecule has 0 aromatic carbocycles. The Kier molecular flexibility index (Phi) is 5.39. The Balaban J connectivity index is 1.58. The molecule has 0 spiro atoms. The predicted octanol–water partition coefficient (Wildman–Crippen LogP) is 2.48. The van der Waals surface area contributed by atoms with Gasteiger partial charge >= 0.3 is 0 Å². The maximum atomic E-state index is 12.4. The first-order chi connectivity index (χ1) is 12.7. The van der Waals surface area contributed by atoms with Crippen molar-refractivity contribution in [1.82, 2.24) is 15.0 Å². The van der Waals surface area contributed by atoms with Crippen LogP contribution in [0.5, 0.6) is 0 Å². The summed E-state index contributed by atoms with van der Waals surface area (Å²) in [4.78, 5) is 16.3. The Morgan fingerprint density at radius 2 is 2.19 bits per heavy atom. The van der Waals surface area contributed by atoms with Crippen molar-refractivity contribution in [2.45, 2.75) is 51.0 Å². The zero-order valence-electron chi connectivity index (χ0n) is 15.8. The lowest BCUT2D eigenvalue weighted by Gasteiger charge is -2.34. The van der Waals surface area contributed by atoms with Crippen molar-refractivity contribution in [3.8, 4) is 0 Å². The minimum Gasteiger partial charge on any atom is -0.466 e. The van der Waals surface area contributed by atoms with Gasteiger partial charge in [0.05, 0.1) is 6.04 Å². The standard InChI is InChI=1S/C19H25N3O4S/c1-13-9-15-16(10-19(2,3)11-17(15)26-13)22-18(23)6-8-21-27(24,25)14-5-4-7-20-12-14/h4-5,7,9,12,16,21H,6,8,10-11H2,1-3H3,(H,22,23)/t16-/m1/s1. The van der Waals surface area contributed by atoms with Gasteiger partial charge in [0, 0.05) is 37.3 Å². The van der Waals surface area contributed by atoms with E-state index in [1.807, 2.05) is 13.0 Å². The molecule has 1 aliphatic rings. The molecule has 3 rings (SSSR count). The van der Waals surface area contributed by atoms with Gasteiger partial charge in [0.25, 0.3) is 0 Å². The number of pyridine rings is 1. The van der Waals surface area contributed by atoms with E-state index >= 15 is 0 Å². The lowest BCUT2D eigenvalue weighted by molar-refractivity contribution is -0.122. The number of aryl methyl sites for hydroxylation is 1. The van der Waals surface area contributed by atoms with Crippen LogP contribution in [0.15, 0.2) is 39.9 Å². The number of hydrogen-bond donors (Lipinski definition) is 2. The van der Waals surface area contributed by atoms with E-state index in [1.54, 1.807) is 6.07 Å². The summed E-state index contributed by atoms with van der Waals surface area (Å²) in [5.41, 5.74) is 1.05. The summed E-state index contributed by atoms with van der Waals surface area (Å²) < 4.78 is 32.5. The van der Waals surface area contributed by atoms with Gasteiger partial charge in [-0.05, 0) is 37.0 Å². The minimum atomic E-state index is -3.66. The van der Waals surface area contributed by atoms with Gasteiger partial charge in [-0.15, -0.1) is 0 Å². The van der Waals surface area contributed by atoms with Gasteiger partial charge in [0.15, 0.2) is 0 Å². The van der Waals surface area contributed by atoms with E-state index in [2.05, 4.69) is 28.9 Å². The number of sulfonamides is 1. The number of carbonyl (C=O) groups excluding carboxylic acids is 1. The molecule has 2 aromatic heterocycles. The smallest absolute Gasteiger partial charge is 0.242 e. The van der Waals surface area contributed by atoms with E-state index in [0.29, 0.717) is 0 Å². The fourth-order valence-electron chi connectivity index (χ4n) is 3.47. The number of hydrogen-bond acceptors (Lipinski definition) is 5. The second kappa shape index (κ2) is 7.44. The third kappa shape index (κ3) is 4.75. The molecular formula is C19H25N3O4S. The van der Waals surface area contributed by atoms with Crippen LogP contribution in [0.2, 0.25) is 0 Å². The second-order valence-corrected chi connectivity index (χ2v) is 9.50. The molecule has 2 N–H and O–H groups in total. The SMILES string of the molecule is Cc1cc2c(o1)CC(C)(C)C[C@H]2NC(=O)CCNS(=O)(=O)c1cccnc1. The average molecular weight is 391 g/mol. The Hall–Kier alpha value is -2.19. The molecule has 8 heteroatoms. The van der Waals surface area contributed by atoms with Crippen LogP contribution in [0.1, 0.15) is 49.8 Å². The topological polar surface area (TPSA) is 101 Å². The molecule has 0 radical (unpaired) electrons. The number of aromatic nitrogens is 1. The summed E-state index contributed by atoms with van der Waals surface area (Å²) in [6, 6.07) is 4.86. The number of carbonyl (C=O) groups is 1. The predicted molar refractivity (Wildman–Crippen MR) is 100 cm³/mol. The third-order valence-electron chi connectivity index (χ3n) is 4.66. The normalized spacial score (nSPS) is 18.7. The first-order valence-corrected chi connectivity index (χ1v) is 10.4. The lowest BCUT2D eigenvalue weighted by Crippen LogP contribution is -2.37. The molecule has 146 valence electrons. The van der Waals surface area contributed by atoms with E-state index in [4.69, 9.17) is 4.42 Å². The van der Waals surface area contributed by atoms with Crippen molar-refractivity contribution in [3.05, 3.63) is 47.7 Å². The number of fused-ring (bicyclic) bond motifs is 1. The van der Waals surface area contributed by atoms with Gasteiger partial charge in [-0.1, -0.05) is 13.8 Å². The first kappa shape index (κ1) is 19.6. The van der Waals surface area contributed by atoms with Crippen molar-refractivity contribution in [2.75, 3.05) is 6.54 Å². The number of rotatable bonds is 6. The van der Waals surface area contributed by atoms with Gasteiger partial charge in [0.2, 0.25) is 15.9 Å². The van der Waals surface area contributed by atoms with Crippen molar-refractivity contribution < 1.29 is 17.6 Å². The Labute approximate surface area is 159 Å². The van der Waals surface area contributed by atoms with Crippen LogP contribution in [0, 0.1) is 12.3 Å². The highest BCUT2D eigenvalue weighted by Crippen LogP contribution is 2.41. The molecule has 0 unspecified atom stereocenters. The highest BCUT2D eigenvalue weighted by atomic mass is 32.2. The Morgan fingerprint density at radius 1 is 1.41 bits per heavy atom. The largest absolute Gasteiger partial charge is 0.466 e. The molecule has 0 bridgehead atoms. The highest BCUT2D eigenvalue weighted by Gasteiger charge is 2.35. The maximum Gasteiger partial charge on any atom is 0.242 e. The quantitative estimate of drug-likeness (QED) is 0.788. The Morgan fingerprint density at radius 3 is 2.89 bits per heavy atom. The first-order valence-electron chi connectivity index (χ1n) is 8.95. The molecule has 2 heterocycles. The molecule has 27 heavy (non-hydrogen) atoms. The molecule has 1 amide bonds. The molecule has 1 atom stereocenters. The zero-order chi connectivity index (χ0) is 19.7. The van der Waals surface area contributed by atoms with Gasteiger partial charge < -0.3 is 9.73 Å². The number of nitrogens with zero attached hydrogens (tertiary/aromatic N) is 1. The Bertz CT molecular complexity index is 920. The summed E-state index contributed by atoms with van der Waals surface area (Å²) in [7, 11) is -3.66. The summed E-state index contributed by atoms with van der Waals surface area (Å²) in [5.74, 6) is 1.56. The summed E-state index contributed by atoms with van der Waals surface area (Å²) >= 11 is 0. The van der Waals surface area contributed by atoms with Crippen molar-refractivity contribution >= 4 is 15.9 Å².